The van der Waals surface area contributed by atoms with Crippen molar-refractivity contribution < 1.29 is 9.53 Å². The summed E-state index contributed by atoms with van der Waals surface area (Å²) in [7, 11) is 0. The third kappa shape index (κ3) is 5.73. The number of carbonyl (C=O) groups is 1. The van der Waals surface area contributed by atoms with Crippen molar-refractivity contribution in [2.24, 2.45) is 0 Å². The number of H-pyrrole nitrogens is 1. The van der Waals surface area contributed by atoms with E-state index in [2.05, 4.69) is 22.2 Å². The average Bonchev–Trinajstić information content (AvgIpc) is 2.74. The molecule has 1 atom stereocenters. The molecular formula is C23H25N3O3S. The minimum absolute atomic E-state index is 0.141. The van der Waals surface area contributed by atoms with Crippen LogP contribution in [0.3, 0.4) is 0 Å². The molecule has 30 heavy (non-hydrogen) atoms. The Hall–Kier alpha value is -3.06. The van der Waals surface area contributed by atoms with Crippen LogP contribution in [0.15, 0.2) is 64.5 Å². The van der Waals surface area contributed by atoms with Crippen molar-refractivity contribution in [1.29, 1.82) is 0 Å². The number of aryl methyl sites for hydroxylation is 2. The van der Waals surface area contributed by atoms with Gasteiger partial charge in [-0.1, -0.05) is 55.1 Å². The highest BCUT2D eigenvalue weighted by Crippen LogP contribution is 2.24. The Morgan fingerprint density at radius 3 is 2.70 bits per heavy atom. The molecule has 3 aromatic rings. The zero-order chi connectivity index (χ0) is 21.5. The van der Waals surface area contributed by atoms with Gasteiger partial charge in [0, 0.05) is 11.8 Å². The van der Waals surface area contributed by atoms with E-state index in [0.29, 0.717) is 16.6 Å². The van der Waals surface area contributed by atoms with E-state index < -0.39 is 5.25 Å². The zero-order valence-electron chi connectivity index (χ0n) is 17.3. The van der Waals surface area contributed by atoms with Gasteiger partial charge in [-0.05, 0) is 43.5 Å². The van der Waals surface area contributed by atoms with Gasteiger partial charge in [0.1, 0.15) is 12.4 Å². The lowest BCUT2D eigenvalue weighted by molar-refractivity contribution is -0.115. The number of thioether (sulfide) groups is 1. The third-order valence-electron chi connectivity index (χ3n) is 4.55. The normalized spacial score (nSPS) is 11.7. The van der Waals surface area contributed by atoms with Crippen LogP contribution in [0, 0.1) is 6.92 Å². The minimum Gasteiger partial charge on any atom is -0.487 e. The highest BCUT2D eigenvalue weighted by Gasteiger charge is 2.18. The second-order valence-corrected chi connectivity index (χ2v) is 8.19. The number of rotatable bonds is 8. The number of nitrogens with zero attached hydrogens (tertiary/aromatic N) is 1. The average molecular weight is 424 g/mol. The van der Waals surface area contributed by atoms with Crippen LogP contribution < -0.4 is 15.6 Å². The second kappa shape index (κ2) is 10.1. The first kappa shape index (κ1) is 21.6. The fraction of sp³-hybridized carbons (Fsp3) is 0.261. The first-order valence-corrected chi connectivity index (χ1v) is 10.7. The molecule has 7 heteroatoms. The van der Waals surface area contributed by atoms with Gasteiger partial charge in [-0.2, -0.15) is 0 Å². The van der Waals surface area contributed by atoms with Crippen molar-refractivity contribution in [1.82, 2.24) is 9.97 Å². The summed E-state index contributed by atoms with van der Waals surface area (Å²) < 4.78 is 5.67. The summed E-state index contributed by atoms with van der Waals surface area (Å²) in [4.78, 5) is 31.9. The molecule has 2 aromatic carbocycles. The third-order valence-corrected chi connectivity index (χ3v) is 5.53. The SMILES string of the molecule is CCc1cccc(C)c1NC(=O)C(C)Sc1nc(COc2ccccc2)cc(=O)[nH]1. The molecule has 3 rings (SSSR count). The number of ether oxygens (including phenoxy) is 1. The lowest BCUT2D eigenvalue weighted by atomic mass is 10.1. The lowest BCUT2D eigenvalue weighted by Crippen LogP contribution is -2.24. The van der Waals surface area contributed by atoms with Gasteiger partial charge < -0.3 is 15.0 Å². The van der Waals surface area contributed by atoms with Crippen molar-refractivity contribution >= 4 is 23.4 Å². The van der Waals surface area contributed by atoms with Gasteiger partial charge in [0.15, 0.2) is 5.16 Å². The fourth-order valence-corrected chi connectivity index (χ4v) is 3.77. The lowest BCUT2D eigenvalue weighted by Gasteiger charge is -2.16. The first-order valence-electron chi connectivity index (χ1n) is 9.80. The highest BCUT2D eigenvalue weighted by molar-refractivity contribution is 8.00. The Bertz CT molecular complexity index is 1070. The maximum absolute atomic E-state index is 12.7. The van der Waals surface area contributed by atoms with Crippen LogP contribution in [0.1, 0.15) is 30.7 Å². The number of para-hydroxylation sites is 2. The summed E-state index contributed by atoms with van der Waals surface area (Å²) in [5.74, 6) is 0.559. The molecule has 0 aliphatic heterocycles. The van der Waals surface area contributed by atoms with Gasteiger partial charge in [0.2, 0.25) is 5.91 Å². The molecule has 0 fully saturated rings. The monoisotopic (exact) mass is 423 g/mol. The van der Waals surface area contributed by atoms with E-state index in [1.807, 2.05) is 55.5 Å². The molecule has 1 unspecified atom stereocenters. The molecule has 1 heterocycles. The molecule has 0 saturated carbocycles. The summed E-state index contributed by atoms with van der Waals surface area (Å²) in [5.41, 5.74) is 3.19. The van der Waals surface area contributed by atoms with E-state index in [1.165, 1.54) is 17.8 Å². The maximum Gasteiger partial charge on any atom is 0.251 e. The molecule has 0 saturated heterocycles. The molecule has 0 radical (unpaired) electrons. The van der Waals surface area contributed by atoms with Crippen molar-refractivity contribution in [3.05, 3.63) is 81.8 Å². The Kier molecular flexibility index (Phi) is 7.30. The molecule has 156 valence electrons. The Morgan fingerprint density at radius 2 is 1.97 bits per heavy atom. The minimum atomic E-state index is -0.442. The standard InChI is InChI=1S/C23H25N3O3S/c1-4-17-10-8-9-15(2)21(17)26-22(28)16(3)30-23-24-18(13-20(27)25-23)14-29-19-11-6-5-7-12-19/h5-13,16H,4,14H2,1-3H3,(H,26,28)(H,24,25,27). The number of nitrogens with one attached hydrogen (secondary N) is 2. The summed E-state index contributed by atoms with van der Waals surface area (Å²) in [6.45, 7) is 5.99. The molecular weight excluding hydrogens is 398 g/mol. The fourth-order valence-electron chi connectivity index (χ4n) is 2.94. The zero-order valence-corrected chi connectivity index (χ0v) is 18.1. The van der Waals surface area contributed by atoms with Gasteiger partial charge in [0.05, 0.1) is 10.9 Å². The molecule has 0 bridgehead atoms. The maximum atomic E-state index is 12.7. The van der Waals surface area contributed by atoms with Crippen LogP contribution >= 0.6 is 11.8 Å². The first-order chi connectivity index (χ1) is 14.5. The quantitative estimate of drug-likeness (QED) is 0.416. The summed E-state index contributed by atoms with van der Waals surface area (Å²) in [6.07, 6.45) is 0.831. The molecule has 0 spiro atoms. The van der Waals surface area contributed by atoms with Gasteiger partial charge in [-0.25, -0.2) is 4.98 Å². The van der Waals surface area contributed by atoms with Crippen molar-refractivity contribution in [3.8, 4) is 5.75 Å². The van der Waals surface area contributed by atoms with Crippen LogP contribution in [0.2, 0.25) is 0 Å². The van der Waals surface area contributed by atoms with Crippen LogP contribution in [-0.2, 0) is 17.8 Å². The number of benzene rings is 2. The predicted octanol–water partition coefficient (Wildman–Crippen LogP) is 4.34. The van der Waals surface area contributed by atoms with Crippen molar-refractivity contribution in [2.45, 2.75) is 44.2 Å². The van der Waals surface area contributed by atoms with E-state index in [-0.39, 0.29) is 18.1 Å². The van der Waals surface area contributed by atoms with Crippen LogP contribution in [0.4, 0.5) is 5.69 Å². The molecule has 6 nitrogen and oxygen atoms in total. The number of amides is 1. The van der Waals surface area contributed by atoms with Gasteiger partial charge >= 0.3 is 0 Å². The largest absolute Gasteiger partial charge is 0.487 e. The number of aromatic amines is 1. The number of hydrogen-bond acceptors (Lipinski definition) is 5. The van der Waals surface area contributed by atoms with E-state index in [9.17, 15) is 9.59 Å². The number of hydrogen-bond donors (Lipinski definition) is 2. The van der Waals surface area contributed by atoms with E-state index in [0.717, 1.165) is 23.2 Å². The van der Waals surface area contributed by atoms with Gasteiger partial charge in [0.25, 0.3) is 5.56 Å². The predicted molar refractivity (Wildman–Crippen MR) is 120 cm³/mol. The number of aromatic nitrogens is 2. The number of carbonyl (C=O) groups excluding carboxylic acids is 1. The van der Waals surface area contributed by atoms with Crippen LogP contribution in [-0.4, -0.2) is 21.1 Å². The molecule has 0 aliphatic rings. The number of anilines is 1. The second-order valence-electron chi connectivity index (χ2n) is 6.86. The Labute approximate surface area is 180 Å². The molecule has 0 aliphatic carbocycles. The van der Waals surface area contributed by atoms with E-state index in [1.54, 1.807) is 6.92 Å². The smallest absolute Gasteiger partial charge is 0.251 e. The van der Waals surface area contributed by atoms with Crippen molar-refractivity contribution in [3.63, 3.8) is 0 Å². The molecule has 2 N–H and O–H groups in total. The summed E-state index contributed by atoms with van der Waals surface area (Å²) in [6, 6.07) is 16.7. The van der Waals surface area contributed by atoms with Crippen LogP contribution in [0.25, 0.3) is 0 Å². The van der Waals surface area contributed by atoms with E-state index in [4.69, 9.17) is 4.74 Å². The Morgan fingerprint density at radius 1 is 1.20 bits per heavy atom. The summed E-state index contributed by atoms with van der Waals surface area (Å²) >= 11 is 1.21. The van der Waals surface area contributed by atoms with E-state index >= 15 is 0 Å². The van der Waals surface area contributed by atoms with Crippen LogP contribution in [0.5, 0.6) is 5.75 Å². The van der Waals surface area contributed by atoms with Crippen molar-refractivity contribution in [2.75, 3.05) is 5.32 Å². The molecule has 1 amide bonds. The Balaban J connectivity index is 1.67. The molecule has 1 aromatic heterocycles. The van der Waals surface area contributed by atoms with Gasteiger partial charge in [-0.3, -0.25) is 9.59 Å². The highest BCUT2D eigenvalue weighted by atomic mass is 32.2. The van der Waals surface area contributed by atoms with Gasteiger partial charge in [-0.15, -0.1) is 0 Å². The topological polar surface area (TPSA) is 84.1 Å². The summed E-state index contributed by atoms with van der Waals surface area (Å²) in [5, 5.41) is 2.97.